The number of nitrogens with one attached hydrogen (secondary N) is 1. The summed E-state index contributed by atoms with van der Waals surface area (Å²) in [5, 5.41) is 3.24. The predicted molar refractivity (Wildman–Crippen MR) is 53.8 cm³/mol. The van der Waals surface area contributed by atoms with Crippen LogP contribution in [-0.4, -0.2) is 42.4 Å². The summed E-state index contributed by atoms with van der Waals surface area (Å²) in [6.45, 7) is 6.98. The topological polar surface area (TPSA) is 32.3 Å². The zero-order chi connectivity index (χ0) is 10.0. The number of hydrogen-bond acceptors (Lipinski definition) is 3. The number of nitrogens with zero attached hydrogens (tertiary/aromatic N) is 1. The molecule has 13 heavy (non-hydrogen) atoms. The fourth-order valence-electron chi connectivity index (χ4n) is 2.04. The van der Waals surface area contributed by atoms with Crippen LogP contribution in [0.2, 0.25) is 0 Å². The molecule has 0 spiro atoms. The number of Topliss-reactive ketones (excluding diaryl/α,β-unsaturated/α-hetero) is 1. The van der Waals surface area contributed by atoms with Crippen LogP contribution in [-0.2, 0) is 4.79 Å². The van der Waals surface area contributed by atoms with Gasteiger partial charge in [-0.15, -0.1) is 0 Å². The molecule has 0 aromatic rings. The van der Waals surface area contributed by atoms with E-state index in [-0.39, 0.29) is 6.04 Å². The first kappa shape index (κ1) is 10.7. The summed E-state index contributed by atoms with van der Waals surface area (Å²) < 4.78 is 0. The maximum absolute atomic E-state index is 11.4. The number of hydrogen-bond donors (Lipinski definition) is 1. The Morgan fingerprint density at radius 3 is 2.46 bits per heavy atom. The van der Waals surface area contributed by atoms with Crippen molar-refractivity contribution in [2.75, 3.05) is 13.6 Å². The molecule has 3 nitrogen and oxygen atoms in total. The second-order valence-electron chi connectivity index (χ2n) is 4.14. The normalized spacial score (nSPS) is 29.9. The summed E-state index contributed by atoms with van der Waals surface area (Å²) >= 11 is 0. The number of likely N-dealkylation sites (N-methyl/N-ethyl adjacent to an activating group) is 1. The third kappa shape index (κ3) is 2.29. The second kappa shape index (κ2) is 4.20. The zero-order valence-electron chi connectivity index (χ0n) is 9.00. The van der Waals surface area contributed by atoms with Gasteiger partial charge in [0.2, 0.25) is 0 Å². The van der Waals surface area contributed by atoms with E-state index in [1.807, 2.05) is 7.05 Å². The average Bonchev–Trinajstić information content (AvgIpc) is 2.47. The molecule has 76 valence electrons. The Hall–Kier alpha value is -0.410. The molecular weight excluding hydrogens is 164 g/mol. The Morgan fingerprint density at radius 1 is 1.54 bits per heavy atom. The molecule has 0 bridgehead atoms. The van der Waals surface area contributed by atoms with E-state index in [0.29, 0.717) is 17.9 Å². The number of likely N-dealkylation sites (tertiary alicyclic amines) is 1. The molecule has 1 saturated heterocycles. The van der Waals surface area contributed by atoms with Gasteiger partial charge >= 0.3 is 0 Å². The molecule has 0 aromatic carbocycles. The lowest BCUT2D eigenvalue weighted by Gasteiger charge is -2.26. The highest BCUT2D eigenvalue weighted by molar-refractivity contribution is 5.81. The smallest absolute Gasteiger partial charge is 0.146 e. The molecular formula is C10H20N2O. The van der Waals surface area contributed by atoms with Crippen molar-refractivity contribution in [2.45, 2.75) is 45.3 Å². The second-order valence-corrected chi connectivity index (χ2v) is 4.14. The lowest BCUT2D eigenvalue weighted by Crippen LogP contribution is -2.40. The number of carbonyl (C=O) groups excluding carboxylic acids is 1. The van der Waals surface area contributed by atoms with E-state index in [0.717, 1.165) is 13.0 Å². The van der Waals surface area contributed by atoms with E-state index in [4.69, 9.17) is 0 Å². The summed E-state index contributed by atoms with van der Waals surface area (Å²) in [5.41, 5.74) is 0. The van der Waals surface area contributed by atoms with Gasteiger partial charge in [-0.2, -0.15) is 0 Å². The van der Waals surface area contributed by atoms with Gasteiger partial charge in [0.1, 0.15) is 5.78 Å². The van der Waals surface area contributed by atoms with Gasteiger partial charge in [-0.3, -0.25) is 9.69 Å². The monoisotopic (exact) mass is 184 g/mol. The molecule has 0 aliphatic carbocycles. The van der Waals surface area contributed by atoms with Crippen molar-refractivity contribution >= 4 is 5.78 Å². The van der Waals surface area contributed by atoms with Crippen LogP contribution in [0.25, 0.3) is 0 Å². The minimum Gasteiger partial charge on any atom is -0.316 e. The van der Waals surface area contributed by atoms with Crippen LogP contribution in [0.15, 0.2) is 0 Å². The third-order valence-electron chi connectivity index (χ3n) is 2.88. The third-order valence-corrected chi connectivity index (χ3v) is 2.88. The summed E-state index contributed by atoms with van der Waals surface area (Å²) in [6, 6.07) is 1.08. The van der Waals surface area contributed by atoms with Crippen LogP contribution < -0.4 is 5.32 Å². The van der Waals surface area contributed by atoms with Crippen LogP contribution in [0.3, 0.4) is 0 Å². The van der Waals surface area contributed by atoms with Crippen molar-refractivity contribution in [1.29, 1.82) is 0 Å². The molecule has 2 atom stereocenters. The van der Waals surface area contributed by atoms with Gasteiger partial charge in [-0.1, -0.05) is 0 Å². The molecule has 2 unspecified atom stereocenters. The van der Waals surface area contributed by atoms with E-state index in [2.05, 4.69) is 24.1 Å². The lowest BCUT2D eigenvalue weighted by molar-refractivity contribution is -0.121. The Kier molecular flexibility index (Phi) is 3.45. The highest BCUT2D eigenvalue weighted by Gasteiger charge is 2.35. The standard InChI is InChI=1S/C10H20N2O/c1-7(2)12-6-9(11-4)5-10(12)8(3)13/h7,9-11H,5-6H2,1-4H3. The fourth-order valence-corrected chi connectivity index (χ4v) is 2.04. The van der Waals surface area contributed by atoms with Crippen molar-refractivity contribution in [3.8, 4) is 0 Å². The number of carbonyl (C=O) groups is 1. The minimum atomic E-state index is 0.137. The van der Waals surface area contributed by atoms with Crippen molar-refractivity contribution in [2.24, 2.45) is 0 Å². The van der Waals surface area contributed by atoms with Gasteiger partial charge in [0.05, 0.1) is 6.04 Å². The number of ketones is 1. The number of rotatable bonds is 3. The quantitative estimate of drug-likeness (QED) is 0.699. The van der Waals surface area contributed by atoms with Gasteiger partial charge in [0, 0.05) is 18.6 Å². The summed E-state index contributed by atoms with van der Waals surface area (Å²) in [6.07, 6.45) is 0.962. The van der Waals surface area contributed by atoms with E-state index in [9.17, 15) is 4.79 Å². The summed E-state index contributed by atoms with van der Waals surface area (Å²) in [5.74, 6) is 0.298. The Balaban J connectivity index is 2.65. The largest absolute Gasteiger partial charge is 0.316 e. The molecule has 1 N–H and O–H groups in total. The molecule has 3 heteroatoms. The average molecular weight is 184 g/mol. The Morgan fingerprint density at radius 2 is 2.15 bits per heavy atom. The maximum Gasteiger partial charge on any atom is 0.146 e. The van der Waals surface area contributed by atoms with Gasteiger partial charge in [-0.25, -0.2) is 0 Å². The molecule has 0 amide bonds. The molecule has 1 heterocycles. The van der Waals surface area contributed by atoms with Crippen LogP contribution in [0.5, 0.6) is 0 Å². The molecule has 0 aromatic heterocycles. The predicted octanol–water partition coefficient (Wildman–Crippen LogP) is 0.646. The lowest BCUT2D eigenvalue weighted by atomic mass is 10.1. The summed E-state index contributed by atoms with van der Waals surface area (Å²) in [4.78, 5) is 13.6. The van der Waals surface area contributed by atoms with E-state index in [1.165, 1.54) is 0 Å². The van der Waals surface area contributed by atoms with Crippen molar-refractivity contribution in [1.82, 2.24) is 10.2 Å². The molecule has 1 rings (SSSR count). The van der Waals surface area contributed by atoms with Crippen LogP contribution >= 0.6 is 0 Å². The minimum absolute atomic E-state index is 0.137. The van der Waals surface area contributed by atoms with Crippen LogP contribution in [0, 0.1) is 0 Å². The van der Waals surface area contributed by atoms with Crippen LogP contribution in [0.4, 0.5) is 0 Å². The van der Waals surface area contributed by atoms with Gasteiger partial charge in [0.15, 0.2) is 0 Å². The first-order valence-electron chi connectivity index (χ1n) is 4.99. The highest BCUT2D eigenvalue weighted by Crippen LogP contribution is 2.20. The molecule has 1 aliphatic heterocycles. The first-order valence-corrected chi connectivity index (χ1v) is 4.99. The highest BCUT2D eigenvalue weighted by atomic mass is 16.1. The van der Waals surface area contributed by atoms with E-state index >= 15 is 0 Å². The first-order chi connectivity index (χ1) is 6.06. The Bertz CT molecular complexity index is 191. The van der Waals surface area contributed by atoms with E-state index < -0.39 is 0 Å². The van der Waals surface area contributed by atoms with Crippen molar-refractivity contribution < 1.29 is 4.79 Å². The Labute approximate surface area is 80.5 Å². The summed E-state index contributed by atoms with van der Waals surface area (Å²) in [7, 11) is 1.96. The maximum atomic E-state index is 11.4. The molecule has 0 saturated carbocycles. The van der Waals surface area contributed by atoms with Crippen molar-refractivity contribution in [3.63, 3.8) is 0 Å². The van der Waals surface area contributed by atoms with Gasteiger partial charge in [0.25, 0.3) is 0 Å². The van der Waals surface area contributed by atoms with Crippen LogP contribution in [0.1, 0.15) is 27.2 Å². The molecule has 0 radical (unpaired) electrons. The molecule has 1 aliphatic rings. The fraction of sp³-hybridized carbons (Fsp3) is 0.900. The van der Waals surface area contributed by atoms with Gasteiger partial charge in [-0.05, 0) is 34.2 Å². The van der Waals surface area contributed by atoms with Crippen molar-refractivity contribution in [3.05, 3.63) is 0 Å². The SMILES string of the molecule is CNC1CC(C(C)=O)N(C(C)C)C1. The molecule has 1 fully saturated rings. The van der Waals surface area contributed by atoms with E-state index in [1.54, 1.807) is 6.92 Å². The van der Waals surface area contributed by atoms with Gasteiger partial charge < -0.3 is 5.32 Å². The zero-order valence-corrected chi connectivity index (χ0v) is 9.00.